The third kappa shape index (κ3) is 1.77. The first-order chi connectivity index (χ1) is 8.43. The van der Waals surface area contributed by atoms with Crippen molar-refractivity contribution in [2.24, 2.45) is 16.7 Å². The van der Waals surface area contributed by atoms with Crippen molar-refractivity contribution in [1.82, 2.24) is 5.32 Å². The van der Waals surface area contributed by atoms with Gasteiger partial charge in [-0.2, -0.15) is 0 Å². The van der Waals surface area contributed by atoms with Gasteiger partial charge in [0, 0.05) is 17.5 Å². The van der Waals surface area contributed by atoms with Crippen molar-refractivity contribution in [1.29, 1.82) is 0 Å². The molecule has 1 aromatic heterocycles. The Bertz CT molecular complexity index is 443. The summed E-state index contributed by atoms with van der Waals surface area (Å²) in [5.74, 6) is 0.935. The molecule has 2 aliphatic carbocycles. The Labute approximate surface area is 115 Å². The average Bonchev–Trinajstić information content (AvgIpc) is 2.90. The molecule has 0 saturated heterocycles. The maximum atomic E-state index is 3.90. The first-order valence-corrected chi connectivity index (χ1v) is 8.08. The summed E-state index contributed by atoms with van der Waals surface area (Å²) in [4.78, 5) is 1.51. The Morgan fingerprint density at radius 2 is 2.17 bits per heavy atom. The molecule has 2 aliphatic rings. The third-order valence-corrected chi connectivity index (χ3v) is 6.73. The fourth-order valence-corrected chi connectivity index (χ4v) is 5.45. The van der Waals surface area contributed by atoms with Gasteiger partial charge in [-0.05, 0) is 59.9 Å². The molecule has 0 aromatic carbocycles. The second-order valence-corrected chi connectivity index (χ2v) is 8.26. The zero-order chi connectivity index (χ0) is 13.0. The molecule has 2 bridgehead atoms. The Morgan fingerprint density at radius 3 is 2.72 bits per heavy atom. The van der Waals surface area contributed by atoms with Crippen LogP contribution in [0.2, 0.25) is 0 Å². The summed E-state index contributed by atoms with van der Waals surface area (Å²) in [7, 11) is 0. The fourth-order valence-electron chi connectivity index (χ4n) is 4.59. The van der Waals surface area contributed by atoms with Gasteiger partial charge in [0.05, 0.1) is 0 Å². The van der Waals surface area contributed by atoms with Crippen molar-refractivity contribution in [2.45, 2.75) is 59.5 Å². The van der Waals surface area contributed by atoms with Crippen LogP contribution in [0, 0.1) is 23.7 Å². The first-order valence-electron chi connectivity index (χ1n) is 7.20. The molecule has 1 aromatic rings. The van der Waals surface area contributed by atoms with Crippen LogP contribution >= 0.6 is 11.3 Å². The Morgan fingerprint density at radius 1 is 1.39 bits per heavy atom. The lowest BCUT2D eigenvalue weighted by Gasteiger charge is -2.43. The largest absolute Gasteiger partial charge is 0.308 e. The van der Waals surface area contributed by atoms with Gasteiger partial charge >= 0.3 is 0 Å². The number of hydrogen-bond donors (Lipinski definition) is 1. The standard InChI is InChI=1S/C16H25NS/c1-11-6-8-18-13(11)10-17-14-15(2,3)12-5-7-16(14,4)9-12/h6,8,12,14,17H,5,7,9-10H2,1-4H3. The zero-order valence-electron chi connectivity index (χ0n) is 12.0. The summed E-state index contributed by atoms with van der Waals surface area (Å²) in [5.41, 5.74) is 2.45. The fraction of sp³-hybridized carbons (Fsp3) is 0.750. The van der Waals surface area contributed by atoms with Gasteiger partial charge in [0.25, 0.3) is 0 Å². The predicted molar refractivity (Wildman–Crippen MR) is 78.9 cm³/mol. The number of aryl methyl sites for hydroxylation is 1. The SMILES string of the molecule is Cc1ccsc1CNC1C2(C)CCC(C2)C1(C)C. The molecule has 3 atom stereocenters. The molecule has 0 aliphatic heterocycles. The summed E-state index contributed by atoms with van der Waals surface area (Å²) in [6.07, 6.45) is 4.29. The maximum Gasteiger partial charge on any atom is 0.0305 e. The quantitative estimate of drug-likeness (QED) is 0.854. The minimum atomic E-state index is 0.470. The van der Waals surface area contributed by atoms with Gasteiger partial charge in [-0.25, -0.2) is 0 Å². The van der Waals surface area contributed by atoms with Crippen LogP contribution in [0.5, 0.6) is 0 Å². The summed E-state index contributed by atoms with van der Waals surface area (Å²) < 4.78 is 0. The molecule has 1 nitrogen and oxygen atoms in total. The molecular weight excluding hydrogens is 238 g/mol. The average molecular weight is 263 g/mol. The molecule has 3 rings (SSSR count). The Hall–Kier alpha value is -0.340. The predicted octanol–water partition coefficient (Wildman–Crippen LogP) is 4.36. The van der Waals surface area contributed by atoms with E-state index in [0.717, 1.165) is 12.5 Å². The second kappa shape index (κ2) is 4.08. The molecule has 0 spiro atoms. The van der Waals surface area contributed by atoms with E-state index >= 15 is 0 Å². The van der Waals surface area contributed by atoms with Crippen LogP contribution in [0.4, 0.5) is 0 Å². The van der Waals surface area contributed by atoms with E-state index < -0.39 is 0 Å². The van der Waals surface area contributed by atoms with Gasteiger partial charge in [-0.15, -0.1) is 11.3 Å². The first kappa shape index (κ1) is 12.7. The lowest BCUT2D eigenvalue weighted by molar-refractivity contribution is 0.108. The molecule has 1 heterocycles. The van der Waals surface area contributed by atoms with Gasteiger partial charge in [0.15, 0.2) is 0 Å². The maximum absolute atomic E-state index is 3.90. The smallest absolute Gasteiger partial charge is 0.0305 e. The highest BCUT2D eigenvalue weighted by atomic mass is 32.1. The number of thiophene rings is 1. The molecule has 3 unspecified atom stereocenters. The van der Waals surface area contributed by atoms with Crippen molar-refractivity contribution in [3.05, 3.63) is 21.9 Å². The topological polar surface area (TPSA) is 12.0 Å². The van der Waals surface area contributed by atoms with Crippen molar-refractivity contribution in [3.63, 3.8) is 0 Å². The molecule has 2 fully saturated rings. The van der Waals surface area contributed by atoms with E-state index in [0.29, 0.717) is 16.9 Å². The third-order valence-electron chi connectivity index (χ3n) is 5.70. The molecule has 18 heavy (non-hydrogen) atoms. The van der Waals surface area contributed by atoms with E-state index in [1.54, 1.807) is 0 Å². The summed E-state index contributed by atoms with van der Waals surface area (Å²) in [6, 6.07) is 2.92. The van der Waals surface area contributed by atoms with Crippen LogP contribution in [0.1, 0.15) is 50.5 Å². The van der Waals surface area contributed by atoms with Gasteiger partial charge in [0.2, 0.25) is 0 Å². The van der Waals surface area contributed by atoms with Gasteiger partial charge in [-0.3, -0.25) is 0 Å². The van der Waals surface area contributed by atoms with Crippen LogP contribution in [0.15, 0.2) is 11.4 Å². The van der Waals surface area contributed by atoms with Crippen LogP contribution in [0.3, 0.4) is 0 Å². The Balaban J connectivity index is 1.74. The number of fused-ring (bicyclic) bond motifs is 2. The lowest BCUT2D eigenvalue weighted by atomic mass is 9.68. The Kier molecular flexibility index (Phi) is 2.87. The number of nitrogens with one attached hydrogen (secondary N) is 1. The van der Waals surface area contributed by atoms with E-state index in [9.17, 15) is 0 Å². The van der Waals surface area contributed by atoms with E-state index in [4.69, 9.17) is 0 Å². The van der Waals surface area contributed by atoms with E-state index in [1.165, 1.54) is 29.7 Å². The molecule has 0 radical (unpaired) electrons. The number of rotatable bonds is 3. The molecule has 2 saturated carbocycles. The van der Waals surface area contributed by atoms with Crippen LogP contribution < -0.4 is 5.32 Å². The summed E-state index contributed by atoms with van der Waals surface area (Å²) in [5, 5.41) is 6.11. The van der Waals surface area contributed by atoms with Crippen molar-refractivity contribution >= 4 is 11.3 Å². The van der Waals surface area contributed by atoms with Crippen LogP contribution in [-0.2, 0) is 6.54 Å². The van der Waals surface area contributed by atoms with E-state index in [1.807, 2.05) is 11.3 Å². The molecule has 100 valence electrons. The highest BCUT2D eigenvalue weighted by molar-refractivity contribution is 7.10. The summed E-state index contributed by atoms with van der Waals surface area (Å²) >= 11 is 1.89. The van der Waals surface area contributed by atoms with Gasteiger partial charge < -0.3 is 5.32 Å². The zero-order valence-corrected chi connectivity index (χ0v) is 12.9. The second-order valence-electron chi connectivity index (χ2n) is 7.26. The minimum Gasteiger partial charge on any atom is -0.308 e. The molecular formula is C16H25NS. The highest BCUT2D eigenvalue weighted by Crippen LogP contribution is 2.62. The lowest BCUT2D eigenvalue weighted by Crippen LogP contribution is -2.49. The monoisotopic (exact) mass is 263 g/mol. The van der Waals surface area contributed by atoms with E-state index in [-0.39, 0.29) is 0 Å². The van der Waals surface area contributed by atoms with Crippen LogP contribution in [-0.4, -0.2) is 6.04 Å². The van der Waals surface area contributed by atoms with Crippen molar-refractivity contribution in [3.8, 4) is 0 Å². The molecule has 2 heteroatoms. The van der Waals surface area contributed by atoms with Gasteiger partial charge in [-0.1, -0.05) is 20.8 Å². The normalized spacial score (nSPS) is 37.3. The highest BCUT2D eigenvalue weighted by Gasteiger charge is 2.58. The minimum absolute atomic E-state index is 0.470. The van der Waals surface area contributed by atoms with Crippen molar-refractivity contribution < 1.29 is 0 Å². The van der Waals surface area contributed by atoms with Crippen LogP contribution in [0.25, 0.3) is 0 Å². The number of hydrogen-bond acceptors (Lipinski definition) is 2. The molecule has 1 N–H and O–H groups in total. The van der Waals surface area contributed by atoms with Crippen molar-refractivity contribution in [2.75, 3.05) is 0 Å². The van der Waals surface area contributed by atoms with Gasteiger partial charge in [0.1, 0.15) is 0 Å². The molecule has 0 amide bonds. The summed E-state index contributed by atoms with van der Waals surface area (Å²) in [6.45, 7) is 10.7. The van der Waals surface area contributed by atoms with E-state index in [2.05, 4.69) is 44.5 Å².